The van der Waals surface area contributed by atoms with Crippen molar-refractivity contribution in [1.29, 1.82) is 0 Å². The number of hydrogen-bond donors (Lipinski definition) is 1. The summed E-state index contributed by atoms with van der Waals surface area (Å²) in [4.78, 5) is 13.9. The highest BCUT2D eigenvalue weighted by molar-refractivity contribution is 7.73. The number of carbonyl (C=O) groups excluding carboxylic acids is 1. The minimum atomic E-state index is -0.586. The van der Waals surface area contributed by atoms with Crippen molar-refractivity contribution in [2.45, 2.75) is 33.3 Å². The molecule has 0 bridgehead atoms. The molecule has 0 aliphatic heterocycles. The van der Waals surface area contributed by atoms with Crippen molar-refractivity contribution in [2.24, 2.45) is 0 Å². The summed E-state index contributed by atoms with van der Waals surface area (Å²) in [6.45, 7) is 7.46. The van der Waals surface area contributed by atoms with Crippen molar-refractivity contribution in [2.75, 3.05) is 4.90 Å². The van der Waals surface area contributed by atoms with E-state index in [1.165, 1.54) is 16.2 Å². The molecule has 1 aromatic carbocycles. The van der Waals surface area contributed by atoms with Crippen molar-refractivity contribution in [1.82, 2.24) is 10.2 Å². The predicted octanol–water partition coefficient (Wildman–Crippen LogP) is 4.58. The van der Waals surface area contributed by atoms with E-state index in [9.17, 15) is 4.79 Å². The van der Waals surface area contributed by atoms with Crippen LogP contribution in [0.3, 0.4) is 0 Å². The lowest BCUT2D eigenvalue weighted by Gasteiger charge is -2.25. The van der Waals surface area contributed by atoms with E-state index in [1.807, 2.05) is 52.0 Å². The Balaban J connectivity index is 2.42. The van der Waals surface area contributed by atoms with Crippen LogP contribution in [0, 0.1) is 10.9 Å². The number of H-pyrrole nitrogens is 1. The van der Waals surface area contributed by atoms with Crippen LogP contribution in [0.15, 0.2) is 24.3 Å². The molecule has 0 aliphatic rings. The summed E-state index contributed by atoms with van der Waals surface area (Å²) < 4.78 is 5.96. The first-order valence-corrected chi connectivity index (χ1v) is 7.64. The zero-order valence-electron chi connectivity index (χ0n) is 12.3. The number of nitrogens with zero attached hydrogens (tertiary/aromatic N) is 2. The number of aromatic amines is 1. The number of aromatic nitrogens is 2. The molecule has 7 heteroatoms. The van der Waals surface area contributed by atoms with Gasteiger partial charge in [0.25, 0.3) is 0 Å². The van der Waals surface area contributed by atoms with E-state index in [-0.39, 0.29) is 0 Å². The Morgan fingerprint density at radius 2 is 1.95 bits per heavy atom. The van der Waals surface area contributed by atoms with Gasteiger partial charge in [-0.3, -0.25) is 5.10 Å². The van der Waals surface area contributed by atoms with Gasteiger partial charge in [-0.2, -0.15) is 0 Å². The number of aryl methyl sites for hydroxylation is 1. The lowest BCUT2D eigenvalue weighted by molar-refractivity contribution is 0.0599. The number of ether oxygens (including phenoxy) is 1. The number of hydrogen-bond acceptors (Lipinski definition) is 5. The van der Waals surface area contributed by atoms with E-state index in [0.717, 1.165) is 5.56 Å². The van der Waals surface area contributed by atoms with Crippen LogP contribution in [-0.4, -0.2) is 21.9 Å². The molecular formula is C14H17N3O2S2. The highest BCUT2D eigenvalue weighted by Gasteiger charge is 2.26. The molecule has 1 N–H and O–H groups in total. The molecule has 0 radical (unpaired) electrons. The molecule has 21 heavy (non-hydrogen) atoms. The SMILES string of the molecule is Cc1ccc(N(C(=O)OC(C)(C)C)c2n[nH]c(=S)s2)cc1. The summed E-state index contributed by atoms with van der Waals surface area (Å²) in [5.74, 6) is 0. The largest absolute Gasteiger partial charge is 0.443 e. The van der Waals surface area contributed by atoms with Gasteiger partial charge in [0, 0.05) is 0 Å². The second-order valence-electron chi connectivity index (χ2n) is 5.55. The lowest BCUT2D eigenvalue weighted by Crippen LogP contribution is -2.33. The minimum absolute atomic E-state index is 0.457. The number of amides is 1. The molecule has 0 fully saturated rings. The van der Waals surface area contributed by atoms with Gasteiger partial charge in [0.15, 0.2) is 3.95 Å². The lowest BCUT2D eigenvalue weighted by atomic mass is 10.2. The Bertz CT molecular complexity index is 683. The van der Waals surface area contributed by atoms with Gasteiger partial charge >= 0.3 is 6.09 Å². The van der Waals surface area contributed by atoms with Crippen LogP contribution >= 0.6 is 23.6 Å². The summed E-state index contributed by atoms with van der Waals surface area (Å²) in [5, 5.41) is 7.22. The van der Waals surface area contributed by atoms with Crippen LogP contribution in [0.2, 0.25) is 0 Å². The third kappa shape index (κ3) is 4.12. The maximum absolute atomic E-state index is 12.5. The van der Waals surface area contributed by atoms with E-state index in [4.69, 9.17) is 17.0 Å². The van der Waals surface area contributed by atoms with Gasteiger partial charge in [-0.15, -0.1) is 5.10 Å². The fraction of sp³-hybridized carbons (Fsp3) is 0.357. The molecular weight excluding hydrogens is 306 g/mol. The van der Waals surface area contributed by atoms with Gasteiger partial charge in [-0.05, 0) is 52.0 Å². The van der Waals surface area contributed by atoms with E-state index in [0.29, 0.717) is 14.8 Å². The van der Waals surface area contributed by atoms with Crippen LogP contribution in [0.1, 0.15) is 26.3 Å². The second kappa shape index (κ2) is 5.95. The normalized spacial score (nSPS) is 11.2. The maximum Gasteiger partial charge on any atom is 0.421 e. The summed E-state index contributed by atoms with van der Waals surface area (Å²) in [7, 11) is 0. The Labute approximate surface area is 132 Å². The first kappa shape index (κ1) is 15.7. The van der Waals surface area contributed by atoms with Crippen LogP contribution in [0.25, 0.3) is 0 Å². The van der Waals surface area contributed by atoms with E-state index in [1.54, 1.807) is 0 Å². The van der Waals surface area contributed by atoms with Gasteiger partial charge < -0.3 is 4.74 Å². The van der Waals surface area contributed by atoms with Crippen LogP contribution in [0.4, 0.5) is 15.6 Å². The van der Waals surface area contributed by atoms with Gasteiger partial charge in [0.05, 0.1) is 5.69 Å². The second-order valence-corrected chi connectivity index (χ2v) is 7.19. The van der Waals surface area contributed by atoms with Gasteiger partial charge in [-0.1, -0.05) is 29.0 Å². The van der Waals surface area contributed by atoms with Gasteiger partial charge in [0.2, 0.25) is 5.13 Å². The Hall–Kier alpha value is -1.73. The summed E-state index contributed by atoms with van der Waals surface area (Å²) >= 11 is 6.26. The van der Waals surface area contributed by atoms with Crippen LogP contribution in [-0.2, 0) is 4.74 Å². The van der Waals surface area contributed by atoms with E-state index < -0.39 is 11.7 Å². The molecule has 0 saturated carbocycles. The quantitative estimate of drug-likeness (QED) is 0.822. The van der Waals surface area contributed by atoms with Crippen LogP contribution in [0.5, 0.6) is 0 Å². The molecule has 112 valence electrons. The average molecular weight is 323 g/mol. The molecule has 0 unspecified atom stereocenters. The first-order valence-electron chi connectivity index (χ1n) is 6.41. The van der Waals surface area contributed by atoms with Crippen molar-refractivity contribution in [3.05, 3.63) is 33.8 Å². The molecule has 1 amide bonds. The summed E-state index contributed by atoms with van der Waals surface area (Å²) in [6.07, 6.45) is -0.482. The third-order valence-electron chi connectivity index (χ3n) is 2.49. The molecule has 5 nitrogen and oxygen atoms in total. The van der Waals surface area contributed by atoms with Crippen molar-refractivity contribution < 1.29 is 9.53 Å². The smallest absolute Gasteiger partial charge is 0.421 e. The zero-order valence-corrected chi connectivity index (χ0v) is 14.0. The van der Waals surface area contributed by atoms with E-state index in [2.05, 4.69) is 10.2 Å². The number of carbonyl (C=O) groups is 1. The zero-order chi connectivity index (χ0) is 15.6. The highest BCUT2D eigenvalue weighted by atomic mass is 32.1. The predicted molar refractivity (Wildman–Crippen MR) is 86.9 cm³/mol. The summed E-state index contributed by atoms with van der Waals surface area (Å²) in [6, 6.07) is 7.56. The number of rotatable bonds is 2. The fourth-order valence-electron chi connectivity index (χ4n) is 1.61. The number of nitrogens with one attached hydrogen (secondary N) is 1. The maximum atomic E-state index is 12.5. The molecule has 2 rings (SSSR count). The Kier molecular flexibility index (Phi) is 4.43. The standard InChI is InChI=1S/C14H17N3O2S2/c1-9-5-7-10(8-6-9)17(11-15-16-12(20)21-11)13(18)19-14(2,3)4/h5-8H,1-4H3,(H,16,20). The molecule has 0 spiro atoms. The summed E-state index contributed by atoms with van der Waals surface area (Å²) in [5.41, 5.74) is 1.21. The third-order valence-corrected chi connectivity index (χ3v) is 3.56. The Morgan fingerprint density at radius 1 is 1.33 bits per heavy atom. The van der Waals surface area contributed by atoms with E-state index >= 15 is 0 Å². The van der Waals surface area contributed by atoms with Crippen molar-refractivity contribution in [3.8, 4) is 0 Å². The molecule has 2 aromatic rings. The van der Waals surface area contributed by atoms with Gasteiger partial charge in [-0.25, -0.2) is 9.69 Å². The minimum Gasteiger partial charge on any atom is -0.443 e. The average Bonchev–Trinajstić information content (AvgIpc) is 2.76. The topological polar surface area (TPSA) is 58.2 Å². The molecule has 1 heterocycles. The molecule has 0 atom stereocenters. The van der Waals surface area contributed by atoms with Crippen molar-refractivity contribution in [3.63, 3.8) is 0 Å². The monoisotopic (exact) mass is 323 g/mol. The van der Waals surface area contributed by atoms with Gasteiger partial charge in [0.1, 0.15) is 5.60 Å². The fourth-order valence-corrected chi connectivity index (χ4v) is 2.50. The molecule has 0 aliphatic carbocycles. The Morgan fingerprint density at radius 3 is 2.43 bits per heavy atom. The first-order chi connectivity index (χ1) is 9.76. The number of anilines is 2. The van der Waals surface area contributed by atoms with Crippen LogP contribution < -0.4 is 4.90 Å². The molecule has 0 saturated heterocycles. The van der Waals surface area contributed by atoms with Crippen molar-refractivity contribution >= 4 is 40.5 Å². The number of benzene rings is 1. The molecule has 1 aromatic heterocycles. The highest BCUT2D eigenvalue weighted by Crippen LogP contribution is 2.29.